The minimum absolute atomic E-state index is 0.0911. The highest BCUT2D eigenvalue weighted by atomic mass is 19.1. The Morgan fingerprint density at radius 2 is 1.92 bits per heavy atom. The van der Waals surface area contributed by atoms with Crippen molar-refractivity contribution in [3.63, 3.8) is 0 Å². The SMILES string of the molecule is CC(=O)[C@@H](OC(C)(C)C)c1c(C)nc2c(c(C)c(C)n2CC2CC2)c1-c1cc(F)c2c(c1C)CCCO2. The number of fused-ring (bicyclic) bond motifs is 2. The van der Waals surface area contributed by atoms with Gasteiger partial charge in [0.25, 0.3) is 0 Å². The van der Waals surface area contributed by atoms with E-state index in [1.54, 1.807) is 13.0 Å². The molecule has 6 heteroatoms. The lowest BCUT2D eigenvalue weighted by molar-refractivity contribution is -0.138. The molecule has 1 fully saturated rings. The van der Waals surface area contributed by atoms with Crippen molar-refractivity contribution in [1.29, 1.82) is 0 Å². The molecule has 2 aliphatic rings. The van der Waals surface area contributed by atoms with Crippen LogP contribution >= 0.6 is 0 Å². The molecule has 3 heterocycles. The smallest absolute Gasteiger partial charge is 0.165 e. The van der Waals surface area contributed by atoms with Crippen molar-refractivity contribution in [1.82, 2.24) is 9.55 Å². The Morgan fingerprint density at radius 3 is 2.54 bits per heavy atom. The Labute approximate surface area is 219 Å². The Kier molecular flexibility index (Phi) is 6.46. The van der Waals surface area contributed by atoms with Crippen LogP contribution in [-0.2, 0) is 22.5 Å². The van der Waals surface area contributed by atoms with Crippen LogP contribution in [0.1, 0.15) is 86.7 Å². The first kappa shape index (κ1) is 25.9. The number of carbonyl (C=O) groups excluding carboxylic acids is 1. The number of hydrogen-bond acceptors (Lipinski definition) is 4. The molecule has 1 atom stereocenters. The standard InChI is InChI=1S/C31H39FN2O3/c1-16-19(4)34(15-21-11-12-21)30-25(16)27(23-14-24(32)29-22(17(23)2)10-9-13-36-29)26(18(3)33-30)28(20(5)35)37-31(6,7)8/h14,21,28H,9-13,15H2,1-8H3/t28-/m1/s1. The van der Waals surface area contributed by atoms with Gasteiger partial charge >= 0.3 is 0 Å². The largest absolute Gasteiger partial charge is 0.490 e. The summed E-state index contributed by atoms with van der Waals surface area (Å²) in [5, 5.41) is 0.988. The van der Waals surface area contributed by atoms with Crippen LogP contribution in [0.3, 0.4) is 0 Å². The van der Waals surface area contributed by atoms with Crippen molar-refractivity contribution in [2.24, 2.45) is 5.92 Å². The van der Waals surface area contributed by atoms with Crippen LogP contribution in [0.25, 0.3) is 22.2 Å². The summed E-state index contributed by atoms with van der Waals surface area (Å²) in [6.07, 6.45) is 3.29. The first-order valence-corrected chi connectivity index (χ1v) is 13.5. The number of carbonyl (C=O) groups is 1. The molecule has 1 saturated carbocycles. The molecule has 0 amide bonds. The van der Waals surface area contributed by atoms with E-state index in [-0.39, 0.29) is 11.6 Å². The van der Waals surface area contributed by atoms with Crippen LogP contribution in [0.5, 0.6) is 5.75 Å². The van der Waals surface area contributed by atoms with E-state index >= 15 is 4.39 Å². The third-order valence-electron chi connectivity index (χ3n) is 7.93. The lowest BCUT2D eigenvalue weighted by atomic mass is 9.85. The maximum absolute atomic E-state index is 15.6. The zero-order chi connectivity index (χ0) is 26.8. The van der Waals surface area contributed by atoms with Gasteiger partial charge in [-0.1, -0.05) is 0 Å². The molecule has 1 aromatic carbocycles. The van der Waals surface area contributed by atoms with Gasteiger partial charge in [-0.25, -0.2) is 9.37 Å². The first-order chi connectivity index (χ1) is 17.4. The molecule has 1 aliphatic carbocycles. The minimum Gasteiger partial charge on any atom is -0.490 e. The van der Waals surface area contributed by atoms with Crippen molar-refractivity contribution in [2.45, 2.75) is 99.3 Å². The van der Waals surface area contributed by atoms with Crippen LogP contribution < -0.4 is 4.74 Å². The first-order valence-electron chi connectivity index (χ1n) is 13.5. The number of rotatable bonds is 6. The second kappa shape index (κ2) is 9.23. The number of ether oxygens (including phenoxy) is 2. The van der Waals surface area contributed by atoms with Gasteiger partial charge in [-0.3, -0.25) is 4.79 Å². The number of hydrogen-bond donors (Lipinski definition) is 0. The van der Waals surface area contributed by atoms with Gasteiger partial charge in [0.05, 0.1) is 12.2 Å². The van der Waals surface area contributed by atoms with Crippen LogP contribution in [0.2, 0.25) is 0 Å². The maximum Gasteiger partial charge on any atom is 0.165 e. The molecular formula is C31H39FN2O3. The van der Waals surface area contributed by atoms with E-state index in [4.69, 9.17) is 14.5 Å². The summed E-state index contributed by atoms with van der Waals surface area (Å²) in [5.74, 6) is 0.593. The highest BCUT2D eigenvalue weighted by Gasteiger charge is 2.34. The number of pyridine rings is 1. The highest BCUT2D eigenvalue weighted by Crippen LogP contribution is 2.46. The van der Waals surface area contributed by atoms with Crippen molar-refractivity contribution >= 4 is 16.8 Å². The molecule has 2 aromatic heterocycles. The molecule has 5 nitrogen and oxygen atoms in total. The summed E-state index contributed by atoms with van der Waals surface area (Å²) >= 11 is 0. The van der Waals surface area contributed by atoms with Gasteiger partial charge in [-0.15, -0.1) is 0 Å². The fourth-order valence-corrected chi connectivity index (χ4v) is 5.79. The summed E-state index contributed by atoms with van der Waals surface area (Å²) in [4.78, 5) is 18.2. The van der Waals surface area contributed by atoms with Crippen LogP contribution in [0, 0.1) is 39.4 Å². The average molecular weight is 507 g/mol. The van der Waals surface area contributed by atoms with E-state index in [9.17, 15) is 4.79 Å². The van der Waals surface area contributed by atoms with E-state index < -0.39 is 11.7 Å². The van der Waals surface area contributed by atoms with E-state index in [1.165, 1.54) is 18.5 Å². The summed E-state index contributed by atoms with van der Waals surface area (Å²) in [7, 11) is 0. The molecule has 0 bridgehead atoms. The second-order valence-corrected chi connectivity index (χ2v) is 12.0. The fourth-order valence-electron chi connectivity index (χ4n) is 5.79. The Balaban J connectivity index is 1.90. The number of nitrogens with zero attached hydrogens (tertiary/aromatic N) is 2. The third-order valence-corrected chi connectivity index (χ3v) is 7.93. The number of ketones is 1. The Bertz CT molecular complexity index is 1410. The number of aromatic nitrogens is 2. The fraction of sp³-hybridized carbons (Fsp3) is 0.548. The molecule has 0 radical (unpaired) electrons. The number of aryl methyl sites for hydroxylation is 2. The van der Waals surface area contributed by atoms with Crippen LogP contribution in [0.15, 0.2) is 6.07 Å². The molecule has 1 aliphatic heterocycles. The quantitative estimate of drug-likeness (QED) is 0.353. The summed E-state index contributed by atoms with van der Waals surface area (Å²) in [6, 6.07) is 1.60. The minimum atomic E-state index is -0.812. The zero-order valence-electron chi connectivity index (χ0n) is 23.5. The molecule has 0 unspecified atom stereocenters. The Hall–Kier alpha value is -2.73. The molecule has 37 heavy (non-hydrogen) atoms. The topological polar surface area (TPSA) is 53.3 Å². The van der Waals surface area contributed by atoms with Crippen LogP contribution in [-0.4, -0.2) is 27.5 Å². The van der Waals surface area contributed by atoms with E-state index in [0.717, 1.165) is 69.5 Å². The van der Waals surface area contributed by atoms with E-state index in [0.29, 0.717) is 18.3 Å². The van der Waals surface area contributed by atoms with E-state index in [1.807, 2.05) is 34.6 Å². The summed E-state index contributed by atoms with van der Waals surface area (Å²) in [5.41, 5.74) is 7.69. The van der Waals surface area contributed by atoms with Gasteiger partial charge in [0, 0.05) is 40.0 Å². The summed E-state index contributed by atoms with van der Waals surface area (Å²) < 4.78 is 30.0. The normalized spacial score (nSPS) is 16.6. The molecular weight excluding hydrogens is 467 g/mol. The van der Waals surface area contributed by atoms with Gasteiger partial charge in [0.15, 0.2) is 17.3 Å². The predicted octanol–water partition coefficient (Wildman–Crippen LogP) is 7.26. The molecule has 0 spiro atoms. The average Bonchev–Trinajstić information content (AvgIpc) is 3.62. The lowest BCUT2D eigenvalue weighted by Crippen LogP contribution is -2.27. The lowest BCUT2D eigenvalue weighted by Gasteiger charge is -2.30. The van der Waals surface area contributed by atoms with Crippen LogP contribution in [0.4, 0.5) is 4.39 Å². The maximum atomic E-state index is 15.6. The predicted molar refractivity (Wildman–Crippen MR) is 145 cm³/mol. The van der Waals surface area contributed by atoms with Gasteiger partial charge in [-0.2, -0.15) is 0 Å². The van der Waals surface area contributed by atoms with Gasteiger partial charge in [0.1, 0.15) is 11.8 Å². The van der Waals surface area contributed by atoms with Crippen molar-refractivity contribution in [3.05, 3.63) is 45.5 Å². The highest BCUT2D eigenvalue weighted by molar-refractivity contribution is 6.02. The number of halogens is 1. The second-order valence-electron chi connectivity index (χ2n) is 12.0. The van der Waals surface area contributed by atoms with Crippen molar-refractivity contribution < 1.29 is 18.7 Å². The Morgan fingerprint density at radius 1 is 1.22 bits per heavy atom. The van der Waals surface area contributed by atoms with Gasteiger partial charge in [-0.05, 0) is 110 Å². The zero-order valence-corrected chi connectivity index (χ0v) is 23.5. The molecule has 198 valence electrons. The number of benzene rings is 1. The van der Waals surface area contributed by atoms with Gasteiger partial charge in [0.2, 0.25) is 0 Å². The summed E-state index contributed by atoms with van der Waals surface area (Å²) in [6.45, 7) is 17.1. The van der Waals surface area contributed by atoms with Crippen molar-refractivity contribution in [3.8, 4) is 16.9 Å². The van der Waals surface area contributed by atoms with E-state index in [2.05, 4.69) is 18.4 Å². The monoisotopic (exact) mass is 506 g/mol. The van der Waals surface area contributed by atoms with Gasteiger partial charge < -0.3 is 14.0 Å². The molecule has 3 aromatic rings. The third kappa shape index (κ3) is 4.58. The van der Waals surface area contributed by atoms with Crippen molar-refractivity contribution in [2.75, 3.05) is 6.61 Å². The number of Topliss-reactive ketones (excluding diaryl/α,β-unsaturated/α-hetero) is 1. The molecule has 0 N–H and O–H groups in total. The molecule has 0 saturated heterocycles. The molecule has 5 rings (SSSR count).